The third kappa shape index (κ3) is 4.07. The zero-order chi connectivity index (χ0) is 10.2. The average molecular weight is 213 g/mol. The van der Waals surface area contributed by atoms with Crippen LogP contribution in [-0.2, 0) is 0 Å². The summed E-state index contributed by atoms with van der Waals surface area (Å²) in [7, 11) is 0. The molecule has 1 atom stereocenters. The zero-order valence-electron chi connectivity index (χ0n) is 8.70. The minimum Gasteiger partial charge on any atom is -0.361 e. The SMILES string of the molecule is CCCC(CCN)CNc1nccs1. The Kier molecular flexibility index (Phi) is 5.56. The Hall–Kier alpha value is -0.610. The summed E-state index contributed by atoms with van der Waals surface area (Å²) in [4.78, 5) is 4.18. The predicted molar refractivity (Wildman–Crippen MR) is 62.7 cm³/mol. The van der Waals surface area contributed by atoms with Crippen LogP contribution in [0.25, 0.3) is 0 Å². The van der Waals surface area contributed by atoms with E-state index in [0.717, 1.165) is 24.6 Å². The number of aromatic nitrogens is 1. The summed E-state index contributed by atoms with van der Waals surface area (Å²) in [6.45, 7) is 4.00. The van der Waals surface area contributed by atoms with Crippen LogP contribution in [0, 0.1) is 5.92 Å². The van der Waals surface area contributed by atoms with Crippen LogP contribution in [0.2, 0.25) is 0 Å². The fourth-order valence-corrected chi connectivity index (χ4v) is 2.07. The quantitative estimate of drug-likeness (QED) is 0.731. The Morgan fingerprint density at radius 2 is 2.43 bits per heavy atom. The van der Waals surface area contributed by atoms with E-state index in [1.165, 1.54) is 12.8 Å². The van der Waals surface area contributed by atoms with Crippen molar-refractivity contribution in [2.75, 3.05) is 18.4 Å². The highest BCUT2D eigenvalue weighted by Gasteiger charge is 2.06. The number of rotatable bonds is 7. The topological polar surface area (TPSA) is 50.9 Å². The van der Waals surface area contributed by atoms with Crippen molar-refractivity contribution in [1.82, 2.24) is 4.98 Å². The second-order valence-corrected chi connectivity index (χ2v) is 4.34. The van der Waals surface area contributed by atoms with E-state index in [4.69, 9.17) is 5.73 Å². The van der Waals surface area contributed by atoms with Crippen LogP contribution in [0.3, 0.4) is 0 Å². The molecule has 3 N–H and O–H groups in total. The van der Waals surface area contributed by atoms with E-state index in [9.17, 15) is 0 Å². The number of nitrogens with two attached hydrogens (primary N) is 1. The van der Waals surface area contributed by atoms with Gasteiger partial charge in [0, 0.05) is 18.1 Å². The summed E-state index contributed by atoms with van der Waals surface area (Å²) in [6, 6.07) is 0. The third-order valence-electron chi connectivity index (χ3n) is 2.25. The monoisotopic (exact) mass is 213 g/mol. The van der Waals surface area contributed by atoms with Gasteiger partial charge in [0.2, 0.25) is 0 Å². The normalized spacial score (nSPS) is 12.7. The molecule has 1 unspecified atom stereocenters. The van der Waals surface area contributed by atoms with Crippen LogP contribution in [0.5, 0.6) is 0 Å². The molecule has 0 fully saturated rings. The van der Waals surface area contributed by atoms with Gasteiger partial charge in [-0.1, -0.05) is 13.3 Å². The number of hydrogen-bond donors (Lipinski definition) is 2. The van der Waals surface area contributed by atoms with E-state index in [0.29, 0.717) is 5.92 Å². The third-order valence-corrected chi connectivity index (χ3v) is 2.98. The lowest BCUT2D eigenvalue weighted by molar-refractivity contribution is 0.473. The van der Waals surface area contributed by atoms with Gasteiger partial charge in [-0.05, 0) is 25.3 Å². The summed E-state index contributed by atoms with van der Waals surface area (Å²) >= 11 is 1.65. The largest absolute Gasteiger partial charge is 0.361 e. The smallest absolute Gasteiger partial charge is 0.182 e. The molecule has 4 heteroatoms. The summed E-state index contributed by atoms with van der Waals surface area (Å²) in [6.07, 6.45) is 5.40. The van der Waals surface area contributed by atoms with Gasteiger partial charge < -0.3 is 11.1 Å². The first-order valence-electron chi connectivity index (χ1n) is 5.20. The van der Waals surface area contributed by atoms with Gasteiger partial charge in [-0.15, -0.1) is 11.3 Å². The molecule has 1 rings (SSSR count). The molecule has 80 valence electrons. The highest BCUT2D eigenvalue weighted by Crippen LogP contribution is 2.14. The number of hydrogen-bond acceptors (Lipinski definition) is 4. The maximum absolute atomic E-state index is 5.57. The van der Waals surface area contributed by atoms with E-state index in [2.05, 4.69) is 17.2 Å². The lowest BCUT2D eigenvalue weighted by Gasteiger charge is -2.15. The van der Waals surface area contributed by atoms with Crippen LogP contribution >= 0.6 is 11.3 Å². The highest BCUT2D eigenvalue weighted by atomic mass is 32.1. The Balaban J connectivity index is 2.25. The van der Waals surface area contributed by atoms with E-state index < -0.39 is 0 Å². The minimum absolute atomic E-state index is 0.689. The Bertz CT molecular complexity index is 217. The van der Waals surface area contributed by atoms with Gasteiger partial charge in [0.1, 0.15) is 0 Å². The van der Waals surface area contributed by atoms with Crippen molar-refractivity contribution in [1.29, 1.82) is 0 Å². The van der Waals surface area contributed by atoms with Crippen molar-refractivity contribution in [3.8, 4) is 0 Å². The molecule has 0 spiro atoms. The van der Waals surface area contributed by atoms with Crippen LogP contribution in [0.15, 0.2) is 11.6 Å². The highest BCUT2D eigenvalue weighted by molar-refractivity contribution is 7.13. The second kappa shape index (κ2) is 6.79. The van der Waals surface area contributed by atoms with Crippen molar-refractivity contribution in [2.24, 2.45) is 11.7 Å². The molecule has 0 radical (unpaired) electrons. The number of nitrogens with zero attached hydrogens (tertiary/aromatic N) is 1. The first-order valence-corrected chi connectivity index (χ1v) is 6.08. The first-order chi connectivity index (χ1) is 6.86. The van der Waals surface area contributed by atoms with Crippen molar-refractivity contribution in [2.45, 2.75) is 26.2 Å². The van der Waals surface area contributed by atoms with Gasteiger partial charge in [-0.2, -0.15) is 0 Å². The van der Waals surface area contributed by atoms with E-state index in [-0.39, 0.29) is 0 Å². The number of anilines is 1. The maximum atomic E-state index is 5.57. The van der Waals surface area contributed by atoms with Gasteiger partial charge in [-0.25, -0.2) is 4.98 Å². The molecule has 14 heavy (non-hydrogen) atoms. The van der Waals surface area contributed by atoms with Gasteiger partial charge in [0.15, 0.2) is 5.13 Å². The molecule has 0 aromatic carbocycles. The van der Waals surface area contributed by atoms with Gasteiger partial charge in [0.25, 0.3) is 0 Å². The molecule has 3 nitrogen and oxygen atoms in total. The molecule has 1 aromatic rings. The molecule has 0 aliphatic heterocycles. The fourth-order valence-electron chi connectivity index (χ4n) is 1.53. The first kappa shape index (κ1) is 11.5. The van der Waals surface area contributed by atoms with Crippen molar-refractivity contribution in [3.63, 3.8) is 0 Å². The van der Waals surface area contributed by atoms with Crippen molar-refractivity contribution >= 4 is 16.5 Å². The molecular weight excluding hydrogens is 194 g/mol. The lowest BCUT2D eigenvalue weighted by Crippen LogP contribution is -2.17. The molecular formula is C10H19N3S. The summed E-state index contributed by atoms with van der Waals surface area (Å²) in [5.74, 6) is 0.689. The molecule has 0 saturated carbocycles. The molecule has 0 bridgehead atoms. The Labute approximate surface area is 89.7 Å². The molecule has 0 saturated heterocycles. The van der Waals surface area contributed by atoms with Crippen LogP contribution in [0.4, 0.5) is 5.13 Å². The van der Waals surface area contributed by atoms with Gasteiger partial charge >= 0.3 is 0 Å². The van der Waals surface area contributed by atoms with Crippen LogP contribution in [-0.4, -0.2) is 18.1 Å². The Morgan fingerprint density at radius 1 is 1.57 bits per heavy atom. The Morgan fingerprint density at radius 3 is 3.00 bits per heavy atom. The number of nitrogens with one attached hydrogen (secondary N) is 1. The maximum Gasteiger partial charge on any atom is 0.182 e. The fraction of sp³-hybridized carbons (Fsp3) is 0.700. The zero-order valence-corrected chi connectivity index (χ0v) is 9.52. The standard InChI is InChI=1S/C10H19N3S/c1-2-3-9(4-5-11)8-13-10-12-6-7-14-10/h6-7,9H,2-5,8,11H2,1H3,(H,12,13). The molecule has 1 heterocycles. The minimum atomic E-state index is 0.689. The molecule has 0 aliphatic rings. The van der Waals surface area contributed by atoms with Gasteiger partial charge in [-0.3, -0.25) is 0 Å². The molecule has 0 aliphatic carbocycles. The van der Waals surface area contributed by atoms with E-state index in [1.807, 2.05) is 11.6 Å². The summed E-state index contributed by atoms with van der Waals surface area (Å²) in [5.41, 5.74) is 5.57. The predicted octanol–water partition coefficient (Wildman–Crippen LogP) is 2.32. The number of thiazole rings is 1. The van der Waals surface area contributed by atoms with E-state index >= 15 is 0 Å². The average Bonchev–Trinajstić information content (AvgIpc) is 2.67. The van der Waals surface area contributed by atoms with Gasteiger partial charge in [0.05, 0.1) is 0 Å². The summed E-state index contributed by atoms with van der Waals surface area (Å²) < 4.78 is 0. The summed E-state index contributed by atoms with van der Waals surface area (Å²) in [5, 5.41) is 6.35. The lowest BCUT2D eigenvalue weighted by atomic mass is 10.00. The van der Waals surface area contributed by atoms with Crippen molar-refractivity contribution < 1.29 is 0 Å². The second-order valence-electron chi connectivity index (χ2n) is 3.45. The van der Waals surface area contributed by atoms with Crippen LogP contribution < -0.4 is 11.1 Å². The van der Waals surface area contributed by atoms with Crippen molar-refractivity contribution in [3.05, 3.63) is 11.6 Å². The van der Waals surface area contributed by atoms with Crippen LogP contribution in [0.1, 0.15) is 26.2 Å². The van der Waals surface area contributed by atoms with E-state index in [1.54, 1.807) is 11.3 Å². The molecule has 1 aromatic heterocycles. The molecule has 0 amide bonds.